The van der Waals surface area contributed by atoms with Crippen molar-refractivity contribution in [3.05, 3.63) is 29.8 Å². The van der Waals surface area contributed by atoms with Crippen molar-refractivity contribution < 1.29 is 9.47 Å². The number of rotatable bonds is 9. The van der Waals surface area contributed by atoms with Gasteiger partial charge in [-0.2, -0.15) is 0 Å². The summed E-state index contributed by atoms with van der Waals surface area (Å²) in [5.41, 5.74) is 1.86. The first kappa shape index (κ1) is 19.0. The molecule has 3 heteroatoms. The van der Waals surface area contributed by atoms with Crippen molar-refractivity contribution in [2.45, 2.75) is 46.5 Å². The van der Waals surface area contributed by atoms with Crippen LogP contribution in [0.2, 0.25) is 0 Å². The van der Waals surface area contributed by atoms with Gasteiger partial charge in [0.05, 0.1) is 13.2 Å². The summed E-state index contributed by atoms with van der Waals surface area (Å²) in [6.45, 7) is 14.3. The molecule has 0 spiro atoms. The quantitative estimate of drug-likeness (QED) is 0.699. The summed E-state index contributed by atoms with van der Waals surface area (Å²) in [4.78, 5) is 0. The summed E-state index contributed by atoms with van der Waals surface area (Å²) in [5, 5.41) is 3.05. The Kier molecular flexibility index (Phi) is 7.37. The van der Waals surface area contributed by atoms with E-state index in [0.717, 1.165) is 25.3 Å². The Balaban J connectivity index is 2.45. The van der Waals surface area contributed by atoms with E-state index in [1.807, 2.05) is 7.05 Å². The Morgan fingerprint density at radius 3 is 2.09 bits per heavy atom. The van der Waals surface area contributed by atoms with Crippen LogP contribution in [-0.4, -0.2) is 33.4 Å². The third kappa shape index (κ3) is 7.28. The normalized spacial score (nSPS) is 12.5. The smallest absolute Gasteiger partial charge is 0.119 e. The van der Waals surface area contributed by atoms with E-state index in [2.05, 4.69) is 64.2 Å². The highest BCUT2D eigenvalue weighted by Crippen LogP contribution is 2.36. The largest absolute Gasteiger partial charge is 0.491 e. The molecule has 0 aliphatic carbocycles. The minimum absolute atomic E-state index is 0.174. The van der Waals surface area contributed by atoms with Gasteiger partial charge in [0.2, 0.25) is 0 Å². The number of nitrogens with one attached hydrogen (secondary N) is 1. The summed E-state index contributed by atoms with van der Waals surface area (Å²) in [6.07, 6.45) is 1.15. The Morgan fingerprint density at radius 1 is 0.909 bits per heavy atom. The lowest BCUT2D eigenvalue weighted by molar-refractivity contribution is 0.103. The van der Waals surface area contributed by atoms with Crippen molar-refractivity contribution in [3.8, 4) is 5.75 Å². The maximum atomic E-state index is 5.71. The second-order valence-electron chi connectivity index (χ2n) is 7.71. The van der Waals surface area contributed by atoms with E-state index in [-0.39, 0.29) is 5.41 Å². The van der Waals surface area contributed by atoms with Gasteiger partial charge >= 0.3 is 0 Å². The van der Waals surface area contributed by atoms with Gasteiger partial charge in [0.25, 0.3) is 0 Å². The molecule has 0 amide bonds. The molecular formula is C19H33NO2. The Bertz CT molecular complexity index is 418. The maximum Gasteiger partial charge on any atom is 0.119 e. The van der Waals surface area contributed by atoms with E-state index in [4.69, 9.17) is 9.47 Å². The Hall–Kier alpha value is -1.06. The molecule has 0 saturated heterocycles. The topological polar surface area (TPSA) is 30.5 Å². The van der Waals surface area contributed by atoms with Crippen LogP contribution in [0.3, 0.4) is 0 Å². The van der Waals surface area contributed by atoms with E-state index < -0.39 is 0 Å². The molecule has 0 bridgehead atoms. The van der Waals surface area contributed by atoms with Crippen LogP contribution in [0.25, 0.3) is 0 Å². The fourth-order valence-corrected chi connectivity index (χ4v) is 2.92. The van der Waals surface area contributed by atoms with E-state index in [1.165, 1.54) is 5.56 Å². The van der Waals surface area contributed by atoms with E-state index >= 15 is 0 Å². The Labute approximate surface area is 136 Å². The molecule has 3 nitrogen and oxygen atoms in total. The van der Waals surface area contributed by atoms with Crippen molar-refractivity contribution in [1.29, 1.82) is 0 Å². The first-order valence-electron chi connectivity index (χ1n) is 8.20. The van der Waals surface area contributed by atoms with Gasteiger partial charge in [0, 0.05) is 6.54 Å². The highest BCUT2D eigenvalue weighted by atomic mass is 16.5. The molecular weight excluding hydrogens is 274 g/mol. The summed E-state index contributed by atoms with van der Waals surface area (Å²) >= 11 is 0. The minimum Gasteiger partial charge on any atom is -0.491 e. The SMILES string of the molecule is CNCCOCCOc1ccc(C(C)(C)CC(C)(C)C)cc1. The molecule has 22 heavy (non-hydrogen) atoms. The van der Waals surface area contributed by atoms with Gasteiger partial charge < -0.3 is 14.8 Å². The molecule has 0 unspecified atom stereocenters. The van der Waals surface area contributed by atoms with Crippen LogP contribution < -0.4 is 10.1 Å². The summed E-state index contributed by atoms with van der Waals surface area (Å²) in [7, 11) is 1.92. The molecule has 126 valence electrons. The standard InChI is InChI=1S/C19H33NO2/c1-18(2,3)15-19(4,5)16-7-9-17(10-8-16)22-14-13-21-12-11-20-6/h7-10,20H,11-15H2,1-6H3. The van der Waals surface area contributed by atoms with Gasteiger partial charge in [-0.3, -0.25) is 0 Å². The third-order valence-electron chi connectivity index (χ3n) is 3.60. The summed E-state index contributed by atoms with van der Waals surface area (Å²) in [5.74, 6) is 0.910. The molecule has 0 saturated carbocycles. The number of hydrogen-bond donors (Lipinski definition) is 1. The van der Waals surface area contributed by atoms with Crippen LogP contribution in [0.5, 0.6) is 5.75 Å². The number of ether oxygens (including phenoxy) is 2. The van der Waals surface area contributed by atoms with E-state index in [0.29, 0.717) is 18.6 Å². The lowest BCUT2D eigenvalue weighted by Crippen LogP contribution is -2.24. The van der Waals surface area contributed by atoms with Gasteiger partial charge in [0.15, 0.2) is 0 Å². The van der Waals surface area contributed by atoms with Gasteiger partial charge in [-0.05, 0) is 42.0 Å². The highest BCUT2D eigenvalue weighted by Gasteiger charge is 2.27. The van der Waals surface area contributed by atoms with Crippen molar-refractivity contribution in [3.63, 3.8) is 0 Å². The van der Waals surface area contributed by atoms with E-state index in [9.17, 15) is 0 Å². The average Bonchev–Trinajstić information content (AvgIpc) is 2.40. The van der Waals surface area contributed by atoms with Gasteiger partial charge in [-0.25, -0.2) is 0 Å². The molecule has 0 atom stereocenters. The molecule has 0 heterocycles. The summed E-state index contributed by atoms with van der Waals surface area (Å²) < 4.78 is 11.2. The van der Waals surface area contributed by atoms with Crippen LogP contribution >= 0.6 is 0 Å². The lowest BCUT2D eigenvalue weighted by Gasteiger charge is -2.33. The zero-order chi connectivity index (χ0) is 16.6. The van der Waals surface area contributed by atoms with Crippen LogP contribution in [0, 0.1) is 5.41 Å². The van der Waals surface area contributed by atoms with E-state index in [1.54, 1.807) is 0 Å². The maximum absolute atomic E-state index is 5.71. The first-order valence-corrected chi connectivity index (χ1v) is 8.20. The number of benzene rings is 1. The second kappa shape index (κ2) is 8.54. The summed E-state index contributed by atoms with van der Waals surface area (Å²) in [6, 6.07) is 8.49. The third-order valence-corrected chi connectivity index (χ3v) is 3.60. The fourth-order valence-electron chi connectivity index (χ4n) is 2.92. The molecule has 0 aliphatic heterocycles. The van der Waals surface area contributed by atoms with Crippen molar-refractivity contribution in [2.75, 3.05) is 33.4 Å². The van der Waals surface area contributed by atoms with Crippen LogP contribution in [0.1, 0.15) is 46.6 Å². The first-order chi connectivity index (χ1) is 10.2. The van der Waals surface area contributed by atoms with Gasteiger partial charge in [-0.15, -0.1) is 0 Å². The molecule has 1 rings (SSSR count). The van der Waals surface area contributed by atoms with Gasteiger partial charge in [0.1, 0.15) is 12.4 Å². The lowest BCUT2D eigenvalue weighted by atomic mass is 9.72. The molecule has 1 aromatic rings. The molecule has 1 aromatic carbocycles. The van der Waals surface area contributed by atoms with Crippen LogP contribution in [-0.2, 0) is 10.2 Å². The van der Waals surface area contributed by atoms with Crippen molar-refractivity contribution in [2.24, 2.45) is 5.41 Å². The molecule has 1 N–H and O–H groups in total. The van der Waals surface area contributed by atoms with Gasteiger partial charge in [-0.1, -0.05) is 46.8 Å². The predicted octanol–water partition coefficient (Wildman–Crippen LogP) is 4.02. The fraction of sp³-hybridized carbons (Fsp3) is 0.684. The minimum atomic E-state index is 0.174. The predicted molar refractivity (Wildman–Crippen MR) is 93.8 cm³/mol. The Morgan fingerprint density at radius 2 is 1.55 bits per heavy atom. The highest BCUT2D eigenvalue weighted by molar-refractivity contribution is 5.31. The van der Waals surface area contributed by atoms with Crippen LogP contribution in [0.4, 0.5) is 0 Å². The molecule has 0 radical (unpaired) electrons. The van der Waals surface area contributed by atoms with Crippen molar-refractivity contribution in [1.82, 2.24) is 5.32 Å². The molecule has 0 aliphatic rings. The second-order valence-corrected chi connectivity index (χ2v) is 7.71. The van der Waals surface area contributed by atoms with Crippen LogP contribution in [0.15, 0.2) is 24.3 Å². The monoisotopic (exact) mass is 307 g/mol. The zero-order valence-corrected chi connectivity index (χ0v) is 15.2. The molecule has 0 fully saturated rings. The zero-order valence-electron chi connectivity index (χ0n) is 15.2. The molecule has 0 aromatic heterocycles. The number of hydrogen-bond acceptors (Lipinski definition) is 3. The average molecular weight is 307 g/mol. The number of likely N-dealkylation sites (N-methyl/N-ethyl adjacent to an activating group) is 1. The van der Waals surface area contributed by atoms with Crippen molar-refractivity contribution >= 4 is 0 Å².